The van der Waals surface area contributed by atoms with Crippen molar-refractivity contribution in [3.63, 3.8) is 0 Å². The minimum Gasteiger partial charge on any atom is -0.444 e. The van der Waals surface area contributed by atoms with E-state index in [-0.39, 0.29) is 62.6 Å². The summed E-state index contributed by atoms with van der Waals surface area (Å²) < 4.78 is 43.1. The molecule has 1 aromatic carbocycles. The predicted molar refractivity (Wildman–Crippen MR) is 166 cm³/mol. The maximum absolute atomic E-state index is 16.8. The first-order valence-electron chi connectivity index (χ1n) is 14.7. The molecule has 1 amide bonds. The summed E-state index contributed by atoms with van der Waals surface area (Å²) in [7, 11) is 0. The highest BCUT2D eigenvalue weighted by Gasteiger charge is 2.37. The van der Waals surface area contributed by atoms with Crippen molar-refractivity contribution in [2.24, 2.45) is 0 Å². The number of aliphatic hydroxyl groups excluding tert-OH is 1. The molecule has 45 heavy (non-hydrogen) atoms. The minimum absolute atomic E-state index is 0.0279. The van der Waals surface area contributed by atoms with Crippen LogP contribution in [0.15, 0.2) is 12.4 Å². The SMILES string of the molecule is CCN(CC)C1CN(c2ncc3c4c(c(-c5ncc(F)c6sc(NC(=O)OC(C)(C)C)c(C#N)c56)c(F)c3n2)COC4)CC1O. The first-order chi connectivity index (χ1) is 21.4. The Morgan fingerprint density at radius 3 is 2.64 bits per heavy atom. The molecule has 1 saturated heterocycles. The molecule has 2 unspecified atom stereocenters. The molecule has 0 spiro atoms. The van der Waals surface area contributed by atoms with E-state index in [9.17, 15) is 15.2 Å². The fourth-order valence-electron chi connectivity index (χ4n) is 6.14. The number of halogens is 2. The lowest BCUT2D eigenvalue weighted by Crippen LogP contribution is -2.43. The van der Waals surface area contributed by atoms with Crippen LogP contribution in [0.4, 0.5) is 24.5 Å². The number of carbonyl (C=O) groups is 1. The van der Waals surface area contributed by atoms with E-state index < -0.39 is 29.4 Å². The largest absolute Gasteiger partial charge is 0.444 e. The van der Waals surface area contributed by atoms with E-state index in [1.54, 1.807) is 27.0 Å². The number of nitrogens with one attached hydrogen (secondary N) is 1. The summed E-state index contributed by atoms with van der Waals surface area (Å²) in [6.45, 7) is 11.7. The van der Waals surface area contributed by atoms with Crippen LogP contribution in [0.3, 0.4) is 0 Å². The number of likely N-dealkylation sites (N-methyl/N-ethyl adjacent to an activating group) is 1. The fourth-order valence-corrected chi connectivity index (χ4v) is 7.18. The van der Waals surface area contributed by atoms with Gasteiger partial charge < -0.3 is 19.5 Å². The minimum atomic E-state index is -0.814. The van der Waals surface area contributed by atoms with Gasteiger partial charge in [0.2, 0.25) is 5.95 Å². The number of aliphatic hydroxyl groups is 1. The average Bonchev–Trinajstić information content (AvgIpc) is 3.71. The number of carbonyl (C=O) groups excluding carboxylic acids is 1. The number of amides is 1. The number of pyridine rings is 1. The van der Waals surface area contributed by atoms with Gasteiger partial charge in [-0.1, -0.05) is 13.8 Å². The second-order valence-electron chi connectivity index (χ2n) is 12.0. The van der Waals surface area contributed by atoms with Crippen LogP contribution in [-0.2, 0) is 22.7 Å². The van der Waals surface area contributed by atoms with Gasteiger partial charge in [-0.05, 0) is 45.0 Å². The van der Waals surface area contributed by atoms with E-state index in [4.69, 9.17) is 9.47 Å². The zero-order valence-electron chi connectivity index (χ0n) is 25.6. The number of nitriles is 1. The molecular weight excluding hydrogens is 604 g/mol. The molecule has 5 heterocycles. The number of nitrogens with zero attached hydrogens (tertiary/aromatic N) is 6. The lowest BCUT2D eigenvalue weighted by atomic mass is 9.94. The zero-order valence-corrected chi connectivity index (χ0v) is 26.4. The van der Waals surface area contributed by atoms with Crippen molar-refractivity contribution in [2.75, 3.05) is 36.4 Å². The monoisotopic (exact) mass is 637 g/mol. The molecule has 0 radical (unpaired) electrons. The van der Waals surface area contributed by atoms with Gasteiger partial charge in [0.25, 0.3) is 0 Å². The molecule has 2 aliphatic rings. The summed E-state index contributed by atoms with van der Waals surface area (Å²) in [4.78, 5) is 30.0. The van der Waals surface area contributed by atoms with Gasteiger partial charge in [-0.2, -0.15) is 5.26 Å². The number of β-amino-alcohol motifs (C(OH)–C–C–N with tert-alkyl or cyclic N) is 1. The van der Waals surface area contributed by atoms with Crippen LogP contribution in [0.1, 0.15) is 51.3 Å². The molecule has 4 aromatic rings. The topological polar surface area (TPSA) is 137 Å². The summed E-state index contributed by atoms with van der Waals surface area (Å²) >= 11 is 0.843. The third-order valence-corrected chi connectivity index (χ3v) is 9.26. The fraction of sp³-hybridized carbons (Fsp3) is 0.452. The van der Waals surface area contributed by atoms with E-state index in [0.717, 1.165) is 30.6 Å². The van der Waals surface area contributed by atoms with Crippen molar-refractivity contribution < 1.29 is 28.2 Å². The van der Waals surface area contributed by atoms with Crippen molar-refractivity contribution >= 4 is 49.4 Å². The van der Waals surface area contributed by atoms with Crippen LogP contribution in [0.25, 0.3) is 32.2 Å². The molecule has 1 fully saturated rings. The van der Waals surface area contributed by atoms with Crippen LogP contribution in [-0.4, -0.2) is 75.0 Å². The Balaban J connectivity index is 1.50. The maximum atomic E-state index is 16.8. The third kappa shape index (κ3) is 5.43. The van der Waals surface area contributed by atoms with Crippen molar-refractivity contribution in [3.8, 4) is 17.3 Å². The number of rotatable bonds is 6. The summed E-state index contributed by atoms with van der Waals surface area (Å²) in [5, 5.41) is 24.1. The number of hydrogen-bond acceptors (Lipinski definition) is 11. The van der Waals surface area contributed by atoms with Crippen molar-refractivity contribution in [2.45, 2.75) is 65.6 Å². The van der Waals surface area contributed by atoms with Crippen molar-refractivity contribution in [3.05, 3.63) is 40.7 Å². The standard InChI is InChI=1S/C31H33F2N7O4S/c1-6-39(7-2)20-11-40(12-21(20)41)29-36-9-16-17-13-43-14-18(17)22(24(33)25(16)37-29)26-23-15(8-34)28(38-30(42)44-31(3,4)5)45-27(23)19(32)10-35-26/h9-10,20-21,41H,6-7,11-14H2,1-5H3,(H,38,42). The molecule has 0 bridgehead atoms. The molecule has 0 aliphatic carbocycles. The van der Waals surface area contributed by atoms with Crippen LogP contribution in [0, 0.1) is 23.0 Å². The van der Waals surface area contributed by atoms with Gasteiger partial charge in [0.15, 0.2) is 11.6 Å². The molecule has 2 atom stereocenters. The van der Waals surface area contributed by atoms with E-state index in [1.807, 2.05) is 24.8 Å². The lowest BCUT2D eigenvalue weighted by molar-refractivity contribution is 0.0636. The number of thiophene rings is 1. The molecule has 0 saturated carbocycles. The van der Waals surface area contributed by atoms with E-state index in [2.05, 4.69) is 25.2 Å². The first kappa shape index (κ1) is 31.0. The van der Waals surface area contributed by atoms with Gasteiger partial charge in [0, 0.05) is 35.6 Å². The molecule has 236 valence electrons. The van der Waals surface area contributed by atoms with Crippen LogP contribution in [0.5, 0.6) is 0 Å². The molecule has 2 N–H and O–H groups in total. The average molecular weight is 638 g/mol. The smallest absolute Gasteiger partial charge is 0.412 e. The maximum Gasteiger partial charge on any atom is 0.412 e. The number of ether oxygens (including phenoxy) is 2. The zero-order chi connectivity index (χ0) is 32.2. The second kappa shape index (κ2) is 11.7. The van der Waals surface area contributed by atoms with Gasteiger partial charge in [-0.15, -0.1) is 11.3 Å². The van der Waals surface area contributed by atoms with Gasteiger partial charge in [-0.25, -0.2) is 23.5 Å². The van der Waals surface area contributed by atoms with E-state index >= 15 is 8.78 Å². The number of aromatic nitrogens is 3. The highest BCUT2D eigenvalue weighted by atomic mass is 32.1. The molecule has 3 aromatic heterocycles. The third-order valence-electron chi connectivity index (χ3n) is 8.14. The predicted octanol–water partition coefficient (Wildman–Crippen LogP) is 5.32. The quantitative estimate of drug-likeness (QED) is 0.286. The number of hydrogen-bond donors (Lipinski definition) is 2. The highest BCUT2D eigenvalue weighted by Crippen LogP contribution is 2.46. The van der Waals surface area contributed by atoms with Crippen LogP contribution < -0.4 is 10.2 Å². The first-order valence-corrected chi connectivity index (χ1v) is 15.5. The van der Waals surface area contributed by atoms with Crippen molar-refractivity contribution in [1.29, 1.82) is 5.26 Å². The summed E-state index contributed by atoms with van der Waals surface area (Å²) in [6, 6.07) is 1.93. The second-order valence-corrected chi connectivity index (χ2v) is 13.1. The summed E-state index contributed by atoms with van der Waals surface area (Å²) in [6.07, 6.45) is 1.10. The molecule has 14 heteroatoms. The van der Waals surface area contributed by atoms with Gasteiger partial charge in [0.05, 0.1) is 47.5 Å². The Bertz CT molecular complexity index is 1870. The van der Waals surface area contributed by atoms with Gasteiger partial charge in [-0.3, -0.25) is 15.2 Å². The van der Waals surface area contributed by atoms with Crippen molar-refractivity contribution in [1.82, 2.24) is 19.9 Å². The lowest BCUT2D eigenvalue weighted by Gasteiger charge is -2.27. The van der Waals surface area contributed by atoms with E-state index in [0.29, 0.717) is 29.6 Å². The number of benzene rings is 1. The normalized spacial score (nSPS) is 18.2. The molecule has 2 aliphatic heterocycles. The Morgan fingerprint density at radius 2 is 1.96 bits per heavy atom. The Morgan fingerprint density at radius 1 is 1.22 bits per heavy atom. The Hall–Kier alpha value is -4.03. The van der Waals surface area contributed by atoms with Crippen LogP contribution >= 0.6 is 11.3 Å². The summed E-state index contributed by atoms with van der Waals surface area (Å²) in [5.41, 5.74) is 0.427. The van der Waals surface area contributed by atoms with Crippen LogP contribution in [0.2, 0.25) is 0 Å². The molecular formula is C31H33F2N7O4S. The molecule has 6 rings (SSSR count). The summed E-state index contributed by atoms with van der Waals surface area (Å²) in [5.74, 6) is -1.16. The highest BCUT2D eigenvalue weighted by molar-refractivity contribution is 7.23. The Kier molecular flexibility index (Phi) is 8.07. The number of anilines is 2. The van der Waals surface area contributed by atoms with Gasteiger partial charge in [0.1, 0.15) is 22.2 Å². The number of fused-ring (bicyclic) bond motifs is 4. The van der Waals surface area contributed by atoms with E-state index in [1.165, 1.54) is 0 Å². The Labute approximate surface area is 262 Å². The van der Waals surface area contributed by atoms with Gasteiger partial charge >= 0.3 is 6.09 Å². The molecule has 11 nitrogen and oxygen atoms in total.